The van der Waals surface area contributed by atoms with Crippen LogP contribution in [-0.2, 0) is 16.2 Å². The molecule has 0 bridgehead atoms. The monoisotopic (exact) mass is 1220 g/mol. The molecule has 1 aliphatic rings. The first-order chi connectivity index (χ1) is 61.7. The van der Waals surface area contributed by atoms with Crippen molar-refractivity contribution in [2.24, 2.45) is 0 Å². The van der Waals surface area contributed by atoms with Gasteiger partial charge in [0.1, 0.15) is 17.3 Å². The smallest absolute Gasteiger partial charge is 0.269 e. The summed E-state index contributed by atoms with van der Waals surface area (Å²) in [6, 6.07) is 3.40. The third-order valence-corrected chi connectivity index (χ3v) is 15.7. The fourth-order valence-corrected chi connectivity index (χ4v) is 11.4. The summed E-state index contributed by atoms with van der Waals surface area (Å²) in [5.41, 5.74) is -27.0. The number of rotatable bonds is 11. The highest BCUT2D eigenvalue weighted by Gasteiger charge is 2.37. The first kappa shape index (κ1) is 27.0. The van der Waals surface area contributed by atoms with Crippen LogP contribution < -0.4 is 9.30 Å². The van der Waals surface area contributed by atoms with E-state index in [1.165, 1.54) is 36.4 Å². The summed E-state index contributed by atoms with van der Waals surface area (Å²) in [6.45, 7) is -19.0. The third kappa shape index (κ3) is 10.4. The van der Waals surface area contributed by atoms with Crippen molar-refractivity contribution in [3.63, 3.8) is 0 Å². The molecule has 14 aromatic rings. The molecule has 0 fully saturated rings. The van der Waals surface area contributed by atoms with E-state index in [0.717, 1.165) is 61.3 Å². The molecule has 3 aromatic heterocycles. The molecule has 0 radical (unpaired) electrons. The number of aryl methyl sites for hydroxylation is 2. The van der Waals surface area contributed by atoms with Gasteiger partial charge < -0.3 is 4.74 Å². The van der Waals surface area contributed by atoms with Crippen LogP contribution in [0.2, 0.25) is 0 Å². The van der Waals surface area contributed by atoms with Crippen LogP contribution in [-0.4, -0.2) is 14.1 Å². The summed E-state index contributed by atoms with van der Waals surface area (Å²) in [5.74, 6) is 0.680. The highest BCUT2D eigenvalue weighted by Crippen LogP contribution is 2.49. The molecule has 0 spiro atoms. The molecule has 91 heavy (non-hydrogen) atoms. The van der Waals surface area contributed by atoms with E-state index >= 15 is 0 Å². The summed E-state index contributed by atoms with van der Waals surface area (Å²) in [4.78, 5) is 4.80. The van der Waals surface area contributed by atoms with Crippen molar-refractivity contribution in [3.05, 3.63) is 295 Å². The van der Waals surface area contributed by atoms with E-state index in [4.69, 9.17) is 38.5 Å². The number of benzene rings is 11. The summed E-state index contributed by atoms with van der Waals surface area (Å²) < 4.78 is 416. The lowest BCUT2D eigenvalue weighted by atomic mass is 9.63. The van der Waals surface area contributed by atoms with Crippen molar-refractivity contribution < 1.29 is 68.2 Å². The van der Waals surface area contributed by atoms with Gasteiger partial charge >= 0.3 is 0 Å². The Hall–Kier alpha value is -10.4. The van der Waals surface area contributed by atoms with Gasteiger partial charge in [0.25, 0.3) is 6.33 Å². The fourth-order valence-electron chi connectivity index (χ4n) is 11.4. The van der Waals surface area contributed by atoms with Gasteiger partial charge in [0.05, 0.1) is 62.2 Å². The van der Waals surface area contributed by atoms with Crippen LogP contribution in [0, 0.1) is 20.0 Å². The minimum absolute atomic E-state index is 0.0261. The average Bonchev–Trinajstić information content (AvgIpc) is 0.724. The predicted octanol–water partition coefficient (Wildman–Crippen LogP) is 22.3. The van der Waals surface area contributed by atoms with Gasteiger partial charge in [0, 0.05) is 53.2 Å². The second-order valence-corrected chi connectivity index (χ2v) is 22.7. The van der Waals surface area contributed by atoms with Gasteiger partial charge in [-0.15, -0.1) is 0 Å². The number of ether oxygens (including phenoxy) is 1. The van der Waals surface area contributed by atoms with Crippen molar-refractivity contribution in [3.8, 4) is 95.5 Å². The Bertz CT molecular complexity index is 7140. The Morgan fingerprint density at radius 1 is 0.516 bits per heavy atom. The van der Waals surface area contributed by atoms with Gasteiger partial charge in [-0.25, -0.2) is 4.98 Å². The topological polar surface area (TPSA) is 35.9 Å². The Morgan fingerprint density at radius 2 is 1.14 bits per heavy atom. The Morgan fingerprint density at radius 3 is 1.82 bits per heavy atom. The molecule has 11 aromatic carbocycles. The van der Waals surface area contributed by atoms with Crippen LogP contribution in [0.3, 0.4) is 0 Å². The zero-order valence-corrected chi connectivity index (χ0v) is 48.4. The summed E-state index contributed by atoms with van der Waals surface area (Å²) >= 11 is 0. The van der Waals surface area contributed by atoms with E-state index in [1.807, 2.05) is 61.7 Å². The van der Waals surface area contributed by atoms with Crippen LogP contribution >= 0.6 is 0 Å². The number of imidazole rings is 1. The molecule has 444 valence electrons. The van der Waals surface area contributed by atoms with Crippen LogP contribution in [0.25, 0.3) is 117 Å². The molecule has 0 aliphatic heterocycles. The van der Waals surface area contributed by atoms with Crippen LogP contribution in [0.4, 0.5) is 0 Å². The van der Waals surface area contributed by atoms with Gasteiger partial charge in [-0.2, -0.15) is 0 Å². The molecule has 0 amide bonds. The van der Waals surface area contributed by atoms with Gasteiger partial charge in [-0.1, -0.05) is 212 Å². The Labute approximate surface area is 595 Å². The molecular weight excluding hydrogens is 1100 g/mol. The quantitative estimate of drug-likeness (QED) is 0.0956. The number of pyridine rings is 1. The first-order valence-corrected chi connectivity index (χ1v) is 28.4. The normalized spacial score (nSPS) is 22.4. The Balaban J connectivity index is 1.21. The largest absolute Gasteiger partial charge is 0.458 e. The van der Waals surface area contributed by atoms with Gasteiger partial charge in [-0.05, 0) is 222 Å². The van der Waals surface area contributed by atoms with Crippen molar-refractivity contribution in [2.45, 2.75) is 90.9 Å². The summed E-state index contributed by atoms with van der Waals surface area (Å²) in [5, 5.41) is 1.57. The molecule has 15 rings (SSSR count). The molecule has 0 atom stereocenters. The summed E-state index contributed by atoms with van der Waals surface area (Å²) in [6.07, 6.45) is -5.13. The number of para-hydroxylation sites is 1. The number of fused-ring (bicyclic) bond motifs is 5. The number of nitrogens with zero attached hydrogens (tertiary/aromatic N) is 4. The second kappa shape index (κ2) is 22.3. The first-order valence-electron chi connectivity index (χ1n) is 49.9. The average molecular weight is 1220 g/mol. The van der Waals surface area contributed by atoms with Crippen molar-refractivity contribution >= 4 is 32.8 Å². The molecule has 5 nitrogen and oxygen atoms in total. The SMILES string of the molecule is [2H]c1c([2H])c([2H])c(-c2cc(-c3c([2H])c(-c4c([2H])c([2H])c([2H])c([2H])c4[2H])c([2H])c(-c4c([2H])c([2H])c([2H])c([2H])c4[2H])c3[2H])c(-[n+]3[c-]n(-c4cccc(Oc5ccc6c7ccccc7n(-c7cc(C(C)(C)C)ccn7)c6c5)c4)c4cc(-c5c(C([2H])([2H])[2H])cccc5C([2H])([2H])[2H])ccc43)c(-c3c([2H])c([2H])c4c(c3[2H])C(C([2H])([2H])[2H])(C([2H])([2H])[2H])C([2H])([2H])C([2H])([2H])C4(C([2H])([2H])[2H])C([2H])([2H])[2H])c2)c([2H])c1[2H]. The maximum Gasteiger partial charge on any atom is 0.269 e. The van der Waals surface area contributed by atoms with E-state index in [9.17, 15) is 30.2 Å². The van der Waals surface area contributed by atoms with E-state index in [-0.39, 0.29) is 33.7 Å². The fraction of sp³-hybridized carbons (Fsp3) is 0.163. The van der Waals surface area contributed by atoms with Crippen LogP contribution in [0.5, 0.6) is 11.5 Å². The molecule has 0 saturated heterocycles. The van der Waals surface area contributed by atoms with Crippen LogP contribution in [0.15, 0.2) is 260 Å². The standard InChI is InChI=1S/C86H74N4O/c1-56-23-21-24-57(2)82(56)62-36-40-78-80(51-62)88(68-31-22-32-69(53-68)91-70-37-38-72-71-33-19-20-34-77(71)90(79(72)54-70)81-52-67(41-44-87-81)84(3,4)5)55-89(78)83-73(61-35-39-75-76(50-61)86(8,9)43-42-85(75,6)7)48-65(60-29-17-12-18-30-60)49-74(83)66-46-63(58-25-13-10-14-26-58)45-64(47-66)59-27-15-11-16-28-59/h10-41,44-54H,42-43H2,1-9H3/i1D3,2D3,6D3,7D3,8D3,9D3,10D,11D,12D,13D,14D,15D,16D,17D,18D,25D,26D,27D,28D,29D,30D,35D,39D,42D2,43D2,45D,46D,47D,50D. The van der Waals surface area contributed by atoms with E-state index in [0.29, 0.717) is 17.4 Å². The zero-order chi connectivity index (χ0) is 99.2. The molecule has 0 unspecified atom stereocenters. The lowest BCUT2D eigenvalue weighted by molar-refractivity contribution is -0.571. The Kier molecular flexibility index (Phi) is 6.61. The van der Waals surface area contributed by atoms with E-state index in [1.54, 1.807) is 24.4 Å². The second-order valence-electron chi connectivity index (χ2n) is 22.7. The zero-order valence-electron chi connectivity index (χ0n) is 91.4. The van der Waals surface area contributed by atoms with E-state index in [2.05, 4.69) is 6.33 Å². The lowest BCUT2D eigenvalue weighted by Gasteiger charge is -2.42. The molecule has 1 aliphatic carbocycles. The van der Waals surface area contributed by atoms with Crippen molar-refractivity contribution in [1.82, 2.24) is 14.1 Å². The molecule has 5 heteroatoms. The highest BCUT2D eigenvalue weighted by molar-refractivity contribution is 6.09. The maximum atomic E-state index is 10.9. The maximum absolute atomic E-state index is 10.9. The molecule has 0 N–H and O–H groups in total. The molecule has 3 heterocycles. The lowest BCUT2D eigenvalue weighted by Crippen LogP contribution is -2.34. The molecule has 0 saturated carbocycles. The number of hydrogen-bond donors (Lipinski definition) is 0. The van der Waals surface area contributed by atoms with Gasteiger partial charge in [0.15, 0.2) is 0 Å². The number of hydrogen-bond acceptors (Lipinski definition) is 2. The minimum atomic E-state index is -5.01. The predicted molar refractivity (Wildman–Crippen MR) is 378 cm³/mol. The number of aromatic nitrogens is 4. The minimum Gasteiger partial charge on any atom is -0.458 e. The third-order valence-electron chi connectivity index (χ3n) is 15.7. The summed E-state index contributed by atoms with van der Waals surface area (Å²) in [7, 11) is 0. The molecular formula is C86H74N4O. The highest BCUT2D eigenvalue weighted by atomic mass is 16.5. The van der Waals surface area contributed by atoms with Crippen molar-refractivity contribution in [2.75, 3.05) is 0 Å². The van der Waals surface area contributed by atoms with E-state index < -0.39 is 286 Å². The van der Waals surface area contributed by atoms with Gasteiger partial charge in [-0.3, -0.25) is 13.7 Å². The van der Waals surface area contributed by atoms with Crippen LogP contribution in [0.1, 0.15) is 148 Å². The van der Waals surface area contributed by atoms with Crippen molar-refractivity contribution in [1.29, 1.82) is 0 Å². The van der Waals surface area contributed by atoms with Gasteiger partial charge in [0.2, 0.25) is 0 Å².